The summed E-state index contributed by atoms with van der Waals surface area (Å²) in [7, 11) is 0. The molecule has 4 heteroatoms. The van der Waals surface area contributed by atoms with Gasteiger partial charge in [0.15, 0.2) is 0 Å². The first-order chi connectivity index (χ1) is 5.22. The Labute approximate surface area is 66.7 Å². The molecule has 0 saturated heterocycles. The molecule has 4 N–H and O–H groups in total. The van der Waals surface area contributed by atoms with Crippen molar-refractivity contribution in [2.45, 2.75) is 38.6 Å². The third-order valence-electron chi connectivity index (χ3n) is 1.60. The van der Waals surface area contributed by atoms with Gasteiger partial charge in [-0.15, -0.1) is 0 Å². The average molecular weight is 160 g/mol. The number of hydrogen-bond donors (Lipinski definition) is 3. The second-order valence-corrected chi connectivity index (χ2v) is 2.55. The van der Waals surface area contributed by atoms with Crippen molar-refractivity contribution in [2.24, 2.45) is 5.84 Å². The molecule has 0 rings (SSSR count). The summed E-state index contributed by atoms with van der Waals surface area (Å²) in [6.07, 6.45) is 3.68. The van der Waals surface area contributed by atoms with E-state index in [2.05, 4.69) is 12.3 Å². The van der Waals surface area contributed by atoms with E-state index in [0.717, 1.165) is 19.3 Å². The number of unbranched alkanes of at least 4 members (excludes halogenated alkanes) is 2. The van der Waals surface area contributed by atoms with Crippen molar-refractivity contribution < 1.29 is 9.90 Å². The van der Waals surface area contributed by atoms with Crippen molar-refractivity contribution in [2.75, 3.05) is 0 Å². The smallest absolute Gasteiger partial charge is 0.322 e. The maximum absolute atomic E-state index is 10.4. The number of rotatable bonds is 6. The fourth-order valence-electron chi connectivity index (χ4n) is 0.877. The zero-order valence-corrected chi connectivity index (χ0v) is 6.84. The summed E-state index contributed by atoms with van der Waals surface area (Å²) in [6, 6.07) is -0.582. The molecule has 0 aromatic rings. The fraction of sp³-hybridized carbons (Fsp3) is 0.857. The number of carbonyl (C=O) groups is 1. The first-order valence-corrected chi connectivity index (χ1v) is 3.91. The SMILES string of the molecule is CCCCC[C@H](NN)C(=O)O. The van der Waals surface area contributed by atoms with Crippen molar-refractivity contribution in [1.82, 2.24) is 5.43 Å². The number of nitrogens with two attached hydrogens (primary N) is 1. The highest BCUT2D eigenvalue weighted by molar-refractivity contribution is 5.73. The van der Waals surface area contributed by atoms with Gasteiger partial charge < -0.3 is 5.11 Å². The van der Waals surface area contributed by atoms with E-state index in [1.807, 2.05) is 0 Å². The zero-order chi connectivity index (χ0) is 8.69. The molecule has 0 unspecified atom stereocenters. The Morgan fingerprint density at radius 1 is 1.64 bits per heavy atom. The molecule has 0 amide bonds. The Hall–Kier alpha value is -0.610. The summed E-state index contributed by atoms with van der Waals surface area (Å²) in [5, 5.41) is 8.53. The first kappa shape index (κ1) is 10.4. The zero-order valence-electron chi connectivity index (χ0n) is 6.84. The van der Waals surface area contributed by atoms with Crippen LogP contribution in [0.1, 0.15) is 32.6 Å². The summed E-state index contributed by atoms with van der Waals surface area (Å²) in [6.45, 7) is 2.08. The molecule has 0 heterocycles. The van der Waals surface area contributed by atoms with E-state index in [1.165, 1.54) is 0 Å². The molecule has 0 aromatic carbocycles. The molecule has 1 atom stereocenters. The van der Waals surface area contributed by atoms with Gasteiger partial charge in [-0.05, 0) is 6.42 Å². The lowest BCUT2D eigenvalue weighted by Crippen LogP contribution is -2.41. The number of nitrogens with one attached hydrogen (secondary N) is 1. The first-order valence-electron chi connectivity index (χ1n) is 3.91. The van der Waals surface area contributed by atoms with Gasteiger partial charge >= 0.3 is 5.97 Å². The van der Waals surface area contributed by atoms with Crippen molar-refractivity contribution >= 4 is 5.97 Å². The third-order valence-corrected chi connectivity index (χ3v) is 1.60. The number of hydrazine groups is 1. The number of hydrogen-bond acceptors (Lipinski definition) is 3. The lowest BCUT2D eigenvalue weighted by molar-refractivity contribution is -0.139. The summed E-state index contributed by atoms with van der Waals surface area (Å²) in [5.41, 5.74) is 2.26. The Bertz CT molecular complexity index is 117. The van der Waals surface area contributed by atoms with E-state index in [4.69, 9.17) is 10.9 Å². The van der Waals surface area contributed by atoms with Gasteiger partial charge in [-0.3, -0.25) is 10.6 Å². The lowest BCUT2D eigenvalue weighted by Gasteiger charge is -2.09. The van der Waals surface area contributed by atoms with Gasteiger partial charge in [0.2, 0.25) is 0 Å². The minimum atomic E-state index is -0.872. The van der Waals surface area contributed by atoms with E-state index < -0.39 is 12.0 Å². The quantitative estimate of drug-likeness (QED) is 0.300. The van der Waals surface area contributed by atoms with Gasteiger partial charge in [-0.1, -0.05) is 26.2 Å². The van der Waals surface area contributed by atoms with Gasteiger partial charge in [0.05, 0.1) is 0 Å². The summed E-state index contributed by atoms with van der Waals surface area (Å²) >= 11 is 0. The number of aliphatic carboxylic acids is 1. The maximum atomic E-state index is 10.4. The molecule has 0 aromatic heterocycles. The van der Waals surface area contributed by atoms with Crippen LogP contribution in [-0.4, -0.2) is 17.1 Å². The normalized spacial score (nSPS) is 12.9. The molecule has 0 saturated carbocycles. The Kier molecular flexibility index (Phi) is 5.78. The molecule has 0 aliphatic rings. The minimum Gasteiger partial charge on any atom is -0.480 e. The molecule has 0 aliphatic heterocycles. The van der Waals surface area contributed by atoms with Crippen LogP contribution in [0.5, 0.6) is 0 Å². The molecule has 0 bridgehead atoms. The largest absolute Gasteiger partial charge is 0.480 e. The van der Waals surface area contributed by atoms with Crippen LogP contribution in [0.3, 0.4) is 0 Å². The van der Waals surface area contributed by atoms with Gasteiger partial charge in [0.25, 0.3) is 0 Å². The summed E-state index contributed by atoms with van der Waals surface area (Å²) in [4.78, 5) is 10.4. The van der Waals surface area contributed by atoms with E-state index in [1.54, 1.807) is 0 Å². The van der Waals surface area contributed by atoms with Crippen LogP contribution >= 0.6 is 0 Å². The third kappa shape index (κ3) is 4.75. The number of carboxylic acid groups (broad SMARTS) is 1. The topological polar surface area (TPSA) is 75.3 Å². The average Bonchev–Trinajstić information content (AvgIpc) is 1.97. The van der Waals surface area contributed by atoms with E-state index >= 15 is 0 Å². The molecule has 0 aliphatic carbocycles. The van der Waals surface area contributed by atoms with Crippen LogP contribution in [0.2, 0.25) is 0 Å². The van der Waals surface area contributed by atoms with Crippen LogP contribution in [0, 0.1) is 0 Å². The van der Waals surface area contributed by atoms with Crippen molar-refractivity contribution in [1.29, 1.82) is 0 Å². The van der Waals surface area contributed by atoms with Crippen LogP contribution < -0.4 is 11.3 Å². The molecular formula is C7H16N2O2. The van der Waals surface area contributed by atoms with Gasteiger partial charge in [-0.2, -0.15) is 0 Å². The van der Waals surface area contributed by atoms with Crippen LogP contribution in [0.25, 0.3) is 0 Å². The molecule has 66 valence electrons. The highest BCUT2D eigenvalue weighted by atomic mass is 16.4. The van der Waals surface area contributed by atoms with Gasteiger partial charge in [0, 0.05) is 0 Å². The number of carboxylic acids is 1. The van der Waals surface area contributed by atoms with Crippen LogP contribution in [0.4, 0.5) is 0 Å². The molecular weight excluding hydrogens is 144 g/mol. The van der Waals surface area contributed by atoms with E-state index in [-0.39, 0.29) is 0 Å². The standard InChI is InChI=1S/C7H16N2O2/c1-2-3-4-5-6(9-8)7(10)11/h6,9H,2-5,8H2,1H3,(H,10,11)/t6-/m0/s1. The molecule has 4 nitrogen and oxygen atoms in total. The van der Waals surface area contributed by atoms with Crippen molar-refractivity contribution in [3.8, 4) is 0 Å². The van der Waals surface area contributed by atoms with Crippen molar-refractivity contribution in [3.63, 3.8) is 0 Å². The molecule has 0 fully saturated rings. The van der Waals surface area contributed by atoms with Crippen LogP contribution in [-0.2, 0) is 4.79 Å². The second kappa shape index (κ2) is 6.12. The summed E-state index contributed by atoms with van der Waals surface area (Å²) in [5.74, 6) is 4.15. The van der Waals surface area contributed by atoms with Gasteiger partial charge in [0.1, 0.15) is 6.04 Å². The second-order valence-electron chi connectivity index (χ2n) is 2.55. The summed E-state index contributed by atoms with van der Waals surface area (Å²) < 4.78 is 0. The maximum Gasteiger partial charge on any atom is 0.322 e. The van der Waals surface area contributed by atoms with Crippen LogP contribution in [0.15, 0.2) is 0 Å². The Balaban J connectivity index is 3.44. The Morgan fingerprint density at radius 3 is 2.64 bits per heavy atom. The highest BCUT2D eigenvalue weighted by Gasteiger charge is 2.13. The monoisotopic (exact) mass is 160 g/mol. The molecule has 11 heavy (non-hydrogen) atoms. The fourth-order valence-corrected chi connectivity index (χ4v) is 0.877. The van der Waals surface area contributed by atoms with Gasteiger partial charge in [-0.25, -0.2) is 5.43 Å². The van der Waals surface area contributed by atoms with E-state index in [0.29, 0.717) is 6.42 Å². The van der Waals surface area contributed by atoms with Crippen molar-refractivity contribution in [3.05, 3.63) is 0 Å². The highest BCUT2D eigenvalue weighted by Crippen LogP contribution is 2.02. The molecule has 0 radical (unpaired) electrons. The lowest BCUT2D eigenvalue weighted by atomic mass is 10.1. The Morgan fingerprint density at radius 2 is 2.27 bits per heavy atom. The molecule has 0 spiro atoms. The van der Waals surface area contributed by atoms with E-state index in [9.17, 15) is 4.79 Å². The minimum absolute atomic E-state index is 0.582. The predicted molar refractivity (Wildman–Crippen MR) is 42.9 cm³/mol. The predicted octanol–water partition coefficient (Wildman–Crippen LogP) is 0.483.